The molecule has 3 aliphatic heterocycles. The van der Waals surface area contributed by atoms with Crippen molar-refractivity contribution in [1.29, 1.82) is 0 Å². The summed E-state index contributed by atoms with van der Waals surface area (Å²) in [5.74, 6) is 1.88. The van der Waals surface area contributed by atoms with Crippen molar-refractivity contribution >= 4 is 23.5 Å². The quantitative estimate of drug-likeness (QED) is 0.364. The summed E-state index contributed by atoms with van der Waals surface area (Å²) in [6.45, 7) is 5.26. The van der Waals surface area contributed by atoms with Crippen LogP contribution in [0.15, 0.2) is 65.2 Å². The molecule has 3 unspecified atom stereocenters. The molecule has 43 heavy (non-hydrogen) atoms. The number of hydrogen-bond donors (Lipinski definition) is 3. The number of urea groups is 1. The number of thioether (sulfide) groups is 1. The van der Waals surface area contributed by atoms with Gasteiger partial charge in [0.05, 0.1) is 11.7 Å². The van der Waals surface area contributed by atoms with Crippen LogP contribution in [-0.2, 0) is 6.54 Å². The summed E-state index contributed by atoms with van der Waals surface area (Å²) in [6.07, 6.45) is 8.18. The summed E-state index contributed by atoms with van der Waals surface area (Å²) in [5.41, 5.74) is 5.02. The van der Waals surface area contributed by atoms with Crippen molar-refractivity contribution in [2.24, 2.45) is 11.8 Å². The van der Waals surface area contributed by atoms with E-state index in [0.29, 0.717) is 17.9 Å². The largest absolute Gasteiger partial charge is 0.388 e. The van der Waals surface area contributed by atoms with E-state index in [0.717, 1.165) is 50.5 Å². The first-order valence-corrected chi connectivity index (χ1v) is 17.3. The van der Waals surface area contributed by atoms with Crippen LogP contribution in [0.1, 0.15) is 62.5 Å². The van der Waals surface area contributed by atoms with Gasteiger partial charge in [-0.2, -0.15) is 0 Å². The number of hydrogen-bond acceptors (Lipinski definition) is 6. The number of carbonyl (C=O) groups is 1. The summed E-state index contributed by atoms with van der Waals surface area (Å²) >= 11 is 1.85. The number of nitrogens with zero attached hydrogens (tertiary/aromatic N) is 3. The Morgan fingerprint density at radius 2 is 1.84 bits per heavy atom. The van der Waals surface area contributed by atoms with Gasteiger partial charge in [-0.1, -0.05) is 56.2 Å². The van der Waals surface area contributed by atoms with Gasteiger partial charge < -0.3 is 30.4 Å². The number of likely N-dealkylation sites (tertiary alicyclic amines) is 1. The molecule has 1 saturated carbocycles. The first-order chi connectivity index (χ1) is 20.9. The highest BCUT2D eigenvalue weighted by Crippen LogP contribution is 2.41. The summed E-state index contributed by atoms with van der Waals surface area (Å²) in [6, 6.07) is 17.3. The number of anilines is 1. The van der Waals surface area contributed by atoms with Crippen LogP contribution >= 0.6 is 11.8 Å². The Kier molecular flexibility index (Phi) is 9.55. The van der Waals surface area contributed by atoms with Gasteiger partial charge in [0.15, 0.2) is 0 Å². The Bertz CT molecular complexity index is 1280. The van der Waals surface area contributed by atoms with E-state index in [9.17, 15) is 9.90 Å². The fraction of sp³-hybridized carbons (Fsp3) is 0.571. The van der Waals surface area contributed by atoms with Crippen LogP contribution in [0.4, 0.5) is 10.5 Å². The van der Waals surface area contributed by atoms with Crippen LogP contribution in [0.2, 0.25) is 0 Å². The van der Waals surface area contributed by atoms with Crippen molar-refractivity contribution in [3.05, 3.63) is 71.4 Å². The van der Waals surface area contributed by atoms with Crippen molar-refractivity contribution < 1.29 is 9.90 Å². The van der Waals surface area contributed by atoms with Crippen molar-refractivity contribution in [3.8, 4) is 0 Å². The molecule has 8 heteroatoms. The standard InChI is InChI=1S/C35H49N5O2S/c1-24(29-22-36-30-12-8-7-11-28(29)30)33(37-35(42)39-17-15-27(16-18-39)26-9-5-4-6-10-26)34(41)40-19-20-43-32-14-13-25(21-31(32)40)23-38(2)3/h4-6,9-10,13-14,21-22,24,27-28,30,33-34,36,41H,7-8,11-12,15-20,23H2,1-3H3,(H,37,42)/t24-,28?,30?,33+,34?/m0/s1. The predicted molar refractivity (Wildman–Crippen MR) is 176 cm³/mol. The highest BCUT2D eigenvalue weighted by atomic mass is 32.2. The molecule has 3 N–H and O–H groups in total. The summed E-state index contributed by atoms with van der Waals surface area (Å²) < 4.78 is 0. The molecule has 2 fully saturated rings. The van der Waals surface area contributed by atoms with Crippen LogP contribution in [0.3, 0.4) is 0 Å². The molecule has 2 amide bonds. The third-order valence-corrected chi connectivity index (χ3v) is 11.2. The first kappa shape index (κ1) is 30.4. The van der Waals surface area contributed by atoms with E-state index >= 15 is 0 Å². The molecule has 7 nitrogen and oxygen atoms in total. The average molecular weight is 604 g/mol. The summed E-state index contributed by atoms with van der Waals surface area (Å²) in [7, 11) is 4.16. The van der Waals surface area contributed by atoms with Crippen molar-refractivity contribution in [2.75, 3.05) is 44.4 Å². The minimum atomic E-state index is -0.835. The van der Waals surface area contributed by atoms with Crippen LogP contribution in [-0.4, -0.2) is 78.7 Å². The predicted octanol–water partition coefficient (Wildman–Crippen LogP) is 5.62. The van der Waals surface area contributed by atoms with Gasteiger partial charge in [0.2, 0.25) is 0 Å². The lowest BCUT2D eigenvalue weighted by atomic mass is 9.76. The molecular weight excluding hydrogens is 554 g/mol. The number of piperidine rings is 1. The second-order valence-electron chi connectivity index (χ2n) is 13.2. The molecule has 1 aliphatic carbocycles. The Morgan fingerprint density at radius 3 is 2.60 bits per heavy atom. The Hall–Kier alpha value is -2.68. The SMILES string of the molecule is C[C@@H](C1=CNC2CCCCC12)[C@@H](NC(=O)N1CCC(c2ccccc2)CC1)C(O)N1CCSc2ccc(CN(C)C)cc21. The topological polar surface area (TPSA) is 71.1 Å². The van der Waals surface area contributed by atoms with E-state index in [1.165, 1.54) is 47.3 Å². The van der Waals surface area contributed by atoms with Gasteiger partial charge in [-0.15, -0.1) is 11.8 Å². The van der Waals surface area contributed by atoms with Gasteiger partial charge >= 0.3 is 6.03 Å². The van der Waals surface area contributed by atoms with Crippen LogP contribution in [0, 0.1) is 11.8 Å². The number of rotatable bonds is 8. The molecule has 6 rings (SSSR count). The number of aliphatic hydroxyl groups is 1. The van der Waals surface area contributed by atoms with E-state index in [2.05, 4.69) is 96.2 Å². The lowest BCUT2D eigenvalue weighted by Crippen LogP contribution is -2.59. The van der Waals surface area contributed by atoms with Gasteiger partial charge in [0.25, 0.3) is 0 Å². The highest BCUT2D eigenvalue weighted by Gasteiger charge is 2.41. The molecule has 0 spiro atoms. The Balaban J connectivity index is 1.23. The van der Waals surface area contributed by atoms with E-state index in [1.807, 2.05) is 16.7 Å². The van der Waals surface area contributed by atoms with E-state index in [-0.39, 0.29) is 11.9 Å². The second kappa shape index (κ2) is 13.5. The lowest BCUT2D eigenvalue weighted by molar-refractivity contribution is 0.0969. The smallest absolute Gasteiger partial charge is 0.317 e. The van der Waals surface area contributed by atoms with Crippen molar-refractivity contribution in [2.45, 2.75) is 81.1 Å². The number of benzene rings is 2. The third kappa shape index (κ3) is 6.71. The monoisotopic (exact) mass is 603 g/mol. The highest BCUT2D eigenvalue weighted by molar-refractivity contribution is 7.99. The molecule has 1 saturated heterocycles. The van der Waals surface area contributed by atoms with Gasteiger partial charge in [-0.3, -0.25) is 0 Å². The molecule has 5 atom stereocenters. The average Bonchev–Trinajstić information content (AvgIpc) is 3.47. The second-order valence-corrected chi connectivity index (χ2v) is 14.4. The van der Waals surface area contributed by atoms with Gasteiger partial charge in [0.1, 0.15) is 6.23 Å². The maximum absolute atomic E-state index is 13.9. The molecule has 0 bridgehead atoms. The van der Waals surface area contributed by atoms with Gasteiger partial charge in [0, 0.05) is 54.7 Å². The minimum absolute atomic E-state index is 0.00407. The summed E-state index contributed by atoms with van der Waals surface area (Å²) in [5, 5.41) is 19.3. The molecule has 2 aromatic rings. The van der Waals surface area contributed by atoms with Gasteiger partial charge in [-0.05, 0) is 80.7 Å². The van der Waals surface area contributed by atoms with Crippen molar-refractivity contribution in [1.82, 2.24) is 20.4 Å². The molecule has 2 aromatic carbocycles. The first-order valence-electron chi connectivity index (χ1n) is 16.3. The van der Waals surface area contributed by atoms with E-state index in [1.54, 1.807) is 0 Å². The molecule has 0 radical (unpaired) electrons. The zero-order chi connectivity index (χ0) is 29.9. The molecule has 0 aromatic heterocycles. The minimum Gasteiger partial charge on any atom is -0.388 e. The normalized spacial score (nSPS) is 24.4. The maximum Gasteiger partial charge on any atom is 0.317 e. The maximum atomic E-state index is 13.9. The molecule has 232 valence electrons. The zero-order valence-corrected chi connectivity index (χ0v) is 26.9. The molecule has 4 aliphatic rings. The van der Waals surface area contributed by atoms with E-state index < -0.39 is 12.3 Å². The third-order valence-electron chi connectivity index (χ3n) is 10.1. The van der Waals surface area contributed by atoms with Crippen LogP contribution in [0.5, 0.6) is 0 Å². The number of carbonyl (C=O) groups excluding carboxylic acids is 1. The fourth-order valence-electron chi connectivity index (χ4n) is 7.76. The Morgan fingerprint density at radius 1 is 1.07 bits per heavy atom. The number of nitrogens with one attached hydrogen (secondary N) is 2. The molecular formula is C35H49N5O2S. The summed E-state index contributed by atoms with van der Waals surface area (Å²) in [4.78, 5) is 21.4. The zero-order valence-electron chi connectivity index (χ0n) is 26.0. The number of fused-ring (bicyclic) bond motifs is 2. The number of amides is 2. The van der Waals surface area contributed by atoms with Gasteiger partial charge in [-0.25, -0.2) is 4.79 Å². The molecule has 3 heterocycles. The van der Waals surface area contributed by atoms with Crippen LogP contribution < -0.4 is 15.5 Å². The number of aliphatic hydroxyl groups excluding tert-OH is 1. The fourth-order valence-corrected chi connectivity index (χ4v) is 8.76. The lowest BCUT2D eigenvalue weighted by Gasteiger charge is -2.43. The van der Waals surface area contributed by atoms with Crippen molar-refractivity contribution in [3.63, 3.8) is 0 Å². The Labute approximate surface area is 262 Å². The van der Waals surface area contributed by atoms with Crippen LogP contribution in [0.25, 0.3) is 0 Å². The van der Waals surface area contributed by atoms with E-state index in [4.69, 9.17) is 0 Å².